The van der Waals surface area contributed by atoms with E-state index < -0.39 is 0 Å². The minimum atomic E-state index is -0.227. The van der Waals surface area contributed by atoms with Crippen molar-refractivity contribution in [3.8, 4) is 0 Å². The van der Waals surface area contributed by atoms with E-state index in [0.29, 0.717) is 19.7 Å². The second-order valence-corrected chi connectivity index (χ2v) is 5.27. The van der Waals surface area contributed by atoms with Gasteiger partial charge in [0, 0.05) is 18.5 Å². The van der Waals surface area contributed by atoms with Crippen molar-refractivity contribution in [2.75, 3.05) is 19.7 Å². The molecule has 2 atom stereocenters. The lowest BCUT2D eigenvalue weighted by Gasteiger charge is -2.44. The van der Waals surface area contributed by atoms with E-state index in [4.69, 9.17) is 4.74 Å². The van der Waals surface area contributed by atoms with Gasteiger partial charge < -0.3 is 14.7 Å². The summed E-state index contributed by atoms with van der Waals surface area (Å²) in [6.07, 6.45) is 4.18. The Morgan fingerprint density at radius 1 is 1.71 bits per heavy atom. The van der Waals surface area contributed by atoms with Crippen molar-refractivity contribution in [2.45, 2.75) is 39.2 Å². The van der Waals surface area contributed by atoms with Crippen molar-refractivity contribution >= 4 is 6.09 Å². The van der Waals surface area contributed by atoms with E-state index >= 15 is 0 Å². The summed E-state index contributed by atoms with van der Waals surface area (Å²) in [4.78, 5) is 13.5. The van der Waals surface area contributed by atoms with Gasteiger partial charge in [0.2, 0.25) is 0 Å². The van der Waals surface area contributed by atoms with Crippen LogP contribution in [-0.4, -0.2) is 41.9 Å². The molecule has 1 aliphatic heterocycles. The van der Waals surface area contributed by atoms with Gasteiger partial charge in [-0.2, -0.15) is 0 Å². The zero-order chi connectivity index (χ0) is 12.5. The van der Waals surface area contributed by atoms with Crippen LogP contribution in [0.5, 0.6) is 0 Å². The standard InChI is InChI=1S/C13H21NO3/c1-3-17-12(16)14-7-5-10-8-11(15)4-6-13(10,2)9-14/h5,11,15H,3-4,6-9H2,1-2H3/t11-,13+/m0/s1. The normalized spacial score (nSPS) is 32.8. The monoisotopic (exact) mass is 239 g/mol. The number of carbonyl (C=O) groups excluding carboxylic acids is 1. The van der Waals surface area contributed by atoms with Crippen molar-refractivity contribution in [3.05, 3.63) is 11.6 Å². The Balaban J connectivity index is 2.09. The molecule has 96 valence electrons. The Kier molecular flexibility index (Phi) is 3.43. The quantitative estimate of drug-likeness (QED) is 0.711. The van der Waals surface area contributed by atoms with Crippen molar-refractivity contribution < 1.29 is 14.6 Å². The fourth-order valence-electron chi connectivity index (χ4n) is 2.82. The molecular weight excluding hydrogens is 218 g/mol. The summed E-state index contributed by atoms with van der Waals surface area (Å²) < 4.78 is 5.04. The highest BCUT2D eigenvalue weighted by Crippen LogP contribution is 2.43. The third-order valence-electron chi connectivity index (χ3n) is 3.88. The minimum absolute atomic E-state index is 0.0320. The number of fused-ring (bicyclic) bond motifs is 1. The van der Waals surface area contributed by atoms with Gasteiger partial charge in [-0.05, 0) is 26.2 Å². The Bertz CT molecular complexity index is 340. The number of aliphatic hydroxyl groups is 1. The Morgan fingerprint density at radius 2 is 2.47 bits per heavy atom. The fourth-order valence-corrected chi connectivity index (χ4v) is 2.82. The van der Waals surface area contributed by atoms with Gasteiger partial charge in [-0.1, -0.05) is 18.6 Å². The van der Waals surface area contributed by atoms with Crippen LogP contribution in [0.2, 0.25) is 0 Å². The zero-order valence-electron chi connectivity index (χ0n) is 10.6. The molecule has 1 aliphatic carbocycles. The second-order valence-electron chi connectivity index (χ2n) is 5.27. The number of ether oxygens (including phenoxy) is 1. The summed E-state index contributed by atoms with van der Waals surface area (Å²) in [7, 11) is 0. The molecule has 1 saturated carbocycles. The Morgan fingerprint density at radius 3 is 3.18 bits per heavy atom. The van der Waals surface area contributed by atoms with E-state index in [2.05, 4.69) is 13.0 Å². The topological polar surface area (TPSA) is 49.8 Å². The highest BCUT2D eigenvalue weighted by molar-refractivity contribution is 5.68. The predicted octanol–water partition coefficient (Wildman–Crippen LogP) is 1.94. The molecule has 1 fully saturated rings. The molecule has 0 bridgehead atoms. The lowest BCUT2D eigenvalue weighted by molar-refractivity contribution is 0.0660. The summed E-state index contributed by atoms with van der Waals surface area (Å²) in [5.41, 5.74) is 1.33. The van der Waals surface area contributed by atoms with E-state index in [0.717, 1.165) is 19.3 Å². The van der Waals surface area contributed by atoms with E-state index in [9.17, 15) is 9.90 Å². The molecule has 1 amide bonds. The summed E-state index contributed by atoms with van der Waals surface area (Å²) in [6, 6.07) is 0. The first-order valence-electron chi connectivity index (χ1n) is 6.34. The van der Waals surface area contributed by atoms with Gasteiger partial charge in [-0.15, -0.1) is 0 Å². The van der Waals surface area contributed by atoms with Crippen molar-refractivity contribution in [3.63, 3.8) is 0 Å². The van der Waals surface area contributed by atoms with Crippen LogP contribution in [0.1, 0.15) is 33.1 Å². The van der Waals surface area contributed by atoms with E-state index in [-0.39, 0.29) is 17.6 Å². The molecule has 0 unspecified atom stereocenters. The average molecular weight is 239 g/mol. The highest BCUT2D eigenvalue weighted by Gasteiger charge is 2.39. The fraction of sp³-hybridized carbons (Fsp3) is 0.769. The van der Waals surface area contributed by atoms with Crippen LogP contribution >= 0.6 is 0 Å². The molecule has 2 aliphatic rings. The van der Waals surface area contributed by atoms with Crippen LogP contribution in [0.15, 0.2) is 11.6 Å². The Labute approximate surface area is 102 Å². The number of hydrogen-bond donors (Lipinski definition) is 1. The number of carbonyl (C=O) groups is 1. The minimum Gasteiger partial charge on any atom is -0.450 e. The molecule has 17 heavy (non-hydrogen) atoms. The van der Waals surface area contributed by atoms with Crippen molar-refractivity contribution in [1.29, 1.82) is 0 Å². The first-order valence-corrected chi connectivity index (χ1v) is 6.34. The number of amides is 1. The average Bonchev–Trinajstić information content (AvgIpc) is 2.29. The maximum atomic E-state index is 11.7. The van der Waals surface area contributed by atoms with Gasteiger partial charge in [-0.3, -0.25) is 0 Å². The molecule has 0 aromatic heterocycles. The maximum Gasteiger partial charge on any atom is 0.410 e. The molecule has 0 aromatic rings. The van der Waals surface area contributed by atoms with Crippen LogP contribution in [0.3, 0.4) is 0 Å². The summed E-state index contributed by atoms with van der Waals surface area (Å²) in [5, 5.41) is 9.68. The molecule has 0 saturated heterocycles. The second kappa shape index (κ2) is 4.69. The highest BCUT2D eigenvalue weighted by atomic mass is 16.6. The SMILES string of the molecule is CCOC(=O)N1CC=C2C[C@@H](O)CC[C@]2(C)C1. The number of aliphatic hydroxyl groups excluding tert-OH is 1. The molecule has 1 N–H and O–H groups in total. The largest absolute Gasteiger partial charge is 0.450 e. The van der Waals surface area contributed by atoms with E-state index in [1.54, 1.807) is 4.90 Å². The van der Waals surface area contributed by atoms with Crippen LogP contribution in [0.4, 0.5) is 4.79 Å². The first kappa shape index (κ1) is 12.4. The lowest BCUT2D eigenvalue weighted by atomic mass is 9.69. The molecule has 4 nitrogen and oxygen atoms in total. The van der Waals surface area contributed by atoms with Crippen molar-refractivity contribution in [1.82, 2.24) is 4.90 Å². The molecule has 2 rings (SSSR count). The van der Waals surface area contributed by atoms with Gasteiger partial charge in [-0.25, -0.2) is 4.79 Å². The van der Waals surface area contributed by atoms with Gasteiger partial charge in [0.25, 0.3) is 0 Å². The van der Waals surface area contributed by atoms with E-state index in [1.807, 2.05) is 6.92 Å². The summed E-state index contributed by atoms with van der Waals surface area (Å²) >= 11 is 0. The number of rotatable bonds is 1. The smallest absolute Gasteiger partial charge is 0.410 e. The number of nitrogens with zero attached hydrogens (tertiary/aromatic N) is 1. The molecule has 4 heteroatoms. The maximum absolute atomic E-state index is 11.7. The summed E-state index contributed by atoms with van der Waals surface area (Å²) in [6.45, 7) is 5.74. The summed E-state index contributed by atoms with van der Waals surface area (Å²) in [5.74, 6) is 0. The van der Waals surface area contributed by atoms with Crippen molar-refractivity contribution in [2.24, 2.45) is 5.41 Å². The van der Waals surface area contributed by atoms with Gasteiger partial charge in [0.1, 0.15) is 0 Å². The van der Waals surface area contributed by atoms with Gasteiger partial charge >= 0.3 is 6.09 Å². The predicted molar refractivity (Wildman–Crippen MR) is 64.6 cm³/mol. The Hall–Kier alpha value is -1.03. The lowest BCUT2D eigenvalue weighted by Crippen LogP contribution is -2.47. The van der Waals surface area contributed by atoms with Crippen LogP contribution < -0.4 is 0 Å². The van der Waals surface area contributed by atoms with E-state index in [1.165, 1.54) is 5.57 Å². The number of hydrogen-bond acceptors (Lipinski definition) is 3. The third kappa shape index (κ3) is 2.46. The zero-order valence-corrected chi connectivity index (χ0v) is 10.6. The van der Waals surface area contributed by atoms with Crippen LogP contribution in [0.25, 0.3) is 0 Å². The molecule has 0 spiro atoms. The van der Waals surface area contributed by atoms with Crippen LogP contribution in [0, 0.1) is 5.41 Å². The molecule has 1 heterocycles. The third-order valence-corrected chi connectivity index (χ3v) is 3.88. The first-order chi connectivity index (χ1) is 8.05. The van der Waals surface area contributed by atoms with Gasteiger partial charge in [0.15, 0.2) is 0 Å². The molecule has 0 aromatic carbocycles. The molecular formula is C13H21NO3. The van der Waals surface area contributed by atoms with Crippen LogP contribution in [-0.2, 0) is 4.74 Å². The van der Waals surface area contributed by atoms with Gasteiger partial charge in [0.05, 0.1) is 12.7 Å². The molecule has 0 radical (unpaired) electrons.